The summed E-state index contributed by atoms with van der Waals surface area (Å²) in [5.74, 6) is 0.00756. The van der Waals surface area contributed by atoms with Crippen LogP contribution in [0.1, 0.15) is 50.2 Å². The minimum Gasteiger partial charge on any atom is -0.481 e. The maximum atomic E-state index is 10.9. The van der Waals surface area contributed by atoms with Gasteiger partial charge in [-0.05, 0) is 36.8 Å². The lowest BCUT2D eigenvalue weighted by molar-refractivity contribution is -0.136. The van der Waals surface area contributed by atoms with Crippen molar-refractivity contribution in [1.82, 2.24) is 5.32 Å². The van der Waals surface area contributed by atoms with Gasteiger partial charge in [0, 0.05) is 12.6 Å². The molecule has 0 spiro atoms. The van der Waals surface area contributed by atoms with Crippen LogP contribution in [0.15, 0.2) is 24.3 Å². The smallest absolute Gasteiger partial charge is 0.307 e. The van der Waals surface area contributed by atoms with Crippen molar-refractivity contribution in [3.8, 4) is 0 Å². The Kier molecular flexibility index (Phi) is 5.60. The largest absolute Gasteiger partial charge is 0.481 e. The molecule has 1 aromatic carbocycles. The molecule has 1 saturated carbocycles. The third-order valence-electron chi connectivity index (χ3n) is 4.43. The molecule has 0 heterocycles. The molecule has 0 radical (unpaired) electrons. The normalized spacial score (nSPS) is 17.9. The van der Waals surface area contributed by atoms with E-state index in [4.69, 9.17) is 5.11 Å². The molecule has 1 atom stereocenters. The average Bonchev–Trinajstić information content (AvgIpc) is 2.46. The summed E-state index contributed by atoms with van der Waals surface area (Å²) in [6, 6.07) is 8.34. The highest BCUT2D eigenvalue weighted by Crippen LogP contribution is 2.26. The maximum Gasteiger partial charge on any atom is 0.307 e. The van der Waals surface area contributed by atoms with Crippen LogP contribution in [0.5, 0.6) is 0 Å². The molecule has 0 saturated heterocycles. The molecule has 0 unspecified atom stereocenters. The quantitative estimate of drug-likeness (QED) is 0.837. The van der Waals surface area contributed by atoms with E-state index in [9.17, 15) is 4.79 Å². The third-order valence-corrected chi connectivity index (χ3v) is 4.43. The van der Waals surface area contributed by atoms with Crippen molar-refractivity contribution < 1.29 is 9.90 Å². The standard InChI is InChI=1S/C17H25NO2/c1-13(14-7-3-2-4-8-14)18-12-16-10-6-5-9-15(16)11-17(19)20/h5-6,9-10,13-14,18H,2-4,7-8,11-12H2,1H3,(H,19,20)/t13-/m0/s1. The Balaban J connectivity index is 1.91. The van der Waals surface area contributed by atoms with Gasteiger partial charge in [0.2, 0.25) is 0 Å². The number of nitrogens with one attached hydrogen (secondary N) is 1. The zero-order chi connectivity index (χ0) is 14.4. The van der Waals surface area contributed by atoms with Gasteiger partial charge in [0.05, 0.1) is 6.42 Å². The van der Waals surface area contributed by atoms with Crippen molar-refractivity contribution in [1.29, 1.82) is 0 Å². The van der Waals surface area contributed by atoms with Gasteiger partial charge in [-0.2, -0.15) is 0 Å². The molecule has 1 aliphatic rings. The Hall–Kier alpha value is -1.35. The molecular weight excluding hydrogens is 250 g/mol. The number of carbonyl (C=O) groups is 1. The Labute approximate surface area is 121 Å². The monoisotopic (exact) mass is 275 g/mol. The van der Waals surface area contributed by atoms with Crippen LogP contribution in [-0.2, 0) is 17.8 Å². The third kappa shape index (κ3) is 4.34. The van der Waals surface area contributed by atoms with Crippen molar-refractivity contribution in [2.24, 2.45) is 5.92 Å². The summed E-state index contributed by atoms with van der Waals surface area (Å²) < 4.78 is 0. The Bertz CT molecular complexity index is 438. The van der Waals surface area contributed by atoms with Crippen molar-refractivity contribution in [3.05, 3.63) is 35.4 Å². The van der Waals surface area contributed by atoms with E-state index in [0.717, 1.165) is 23.6 Å². The van der Waals surface area contributed by atoms with Crippen LogP contribution in [-0.4, -0.2) is 17.1 Å². The van der Waals surface area contributed by atoms with E-state index < -0.39 is 5.97 Å². The van der Waals surface area contributed by atoms with Crippen molar-refractivity contribution in [2.75, 3.05) is 0 Å². The molecule has 0 aromatic heterocycles. The van der Waals surface area contributed by atoms with Crippen LogP contribution < -0.4 is 5.32 Å². The summed E-state index contributed by atoms with van der Waals surface area (Å²) in [4.78, 5) is 10.9. The first-order valence-electron chi connectivity index (χ1n) is 7.69. The minimum absolute atomic E-state index is 0.107. The average molecular weight is 275 g/mol. The fourth-order valence-corrected chi connectivity index (χ4v) is 3.14. The molecule has 1 aromatic rings. The summed E-state index contributed by atoms with van der Waals surface area (Å²) in [6.45, 7) is 3.02. The van der Waals surface area contributed by atoms with Gasteiger partial charge in [0.1, 0.15) is 0 Å². The predicted octanol–water partition coefficient (Wildman–Crippen LogP) is 3.37. The molecule has 3 heteroatoms. The molecule has 3 nitrogen and oxygen atoms in total. The lowest BCUT2D eigenvalue weighted by Crippen LogP contribution is -2.34. The number of carboxylic acid groups (broad SMARTS) is 1. The molecular formula is C17H25NO2. The second kappa shape index (κ2) is 7.44. The minimum atomic E-state index is -0.766. The van der Waals surface area contributed by atoms with Gasteiger partial charge in [-0.15, -0.1) is 0 Å². The summed E-state index contributed by atoms with van der Waals surface area (Å²) >= 11 is 0. The highest BCUT2D eigenvalue weighted by molar-refractivity contribution is 5.70. The van der Waals surface area contributed by atoms with Crippen molar-refractivity contribution in [2.45, 2.75) is 58.0 Å². The lowest BCUT2D eigenvalue weighted by atomic mass is 9.84. The van der Waals surface area contributed by atoms with E-state index in [1.807, 2.05) is 24.3 Å². The second-order valence-corrected chi connectivity index (χ2v) is 5.91. The fraction of sp³-hybridized carbons (Fsp3) is 0.588. The zero-order valence-corrected chi connectivity index (χ0v) is 12.3. The van der Waals surface area contributed by atoms with Gasteiger partial charge in [-0.1, -0.05) is 43.5 Å². The van der Waals surface area contributed by atoms with E-state index in [0.29, 0.717) is 6.04 Å². The number of hydrogen-bond donors (Lipinski definition) is 2. The highest BCUT2D eigenvalue weighted by Gasteiger charge is 2.19. The Morgan fingerprint density at radius 1 is 1.25 bits per heavy atom. The van der Waals surface area contributed by atoms with Crippen molar-refractivity contribution >= 4 is 5.97 Å². The predicted molar refractivity (Wildman–Crippen MR) is 80.7 cm³/mol. The van der Waals surface area contributed by atoms with Gasteiger partial charge < -0.3 is 10.4 Å². The molecule has 2 rings (SSSR count). The lowest BCUT2D eigenvalue weighted by Gasteiger charge is -2.28. The van der Waals surface area contributed by atoms with Crippen LogP contribution in [0.4, 0.5) is 0 Å². The van der Waals surface area contributed by atoms with Gasteiger partial charge in [0.15, 0.2) is 0 Å². The number of hydrogen-bond acceptors (Lipinski definition) is 2. The van der Waals surface area contributed by atoms with E-state index in [-0.39, 0.29) is 6.42 Å². The van der Waals surface area contributed by atoms with Crippen LogP contribution in [0.2, 0.25) is 0 Å². The SMILES string of the molecule is C[C@H](NCc1ccccc1CC(=O)O)C1CCCCC1. The van der Waals surface area contributed by atoms with Gasteiger partial charge in [0.25, 0.3) is 0 Å². The summed E-state index contributed by atoms with van der Waals surface area (Å²) in [7, 11) is 0. The Morgan fingerprint density at radius 3 is 2.55 bits per heavy atom. The summed E-state index contributed by atoms with van der Waals surface area (Å²) in [6.07, 6.45) is 6.84. The zero-order valence-electron chi connectivity index (χ0n) is 12.3. The van der Waals surface area contributed by atoms with Gasteiger partial charge in [-0.3, -0.25) is 4.79 Å². The molecule has 20 heavy (non-hydrogen) atoms. The molecule has 0 aliphatic heterocycles. The summed E-state index contributed by atoms with van der Waals surface area (Å²) in [5.41, 5.74) is 2.03. The van der Waals surface area contributed by atoms with Gasteiger partial charge >= 0.3 is 5.97 Å². The maximum absolute atomic E-state index is 10.9. The van der Waals surface area contributed by atoms with E-state index in [1.165, 1.54) is 32.1 Å². The van der Waals surface area contributed by atoms with Crippen LogP contribution >= 0.6 is 0 Å². The first-order chi connectivity index (χ1) is 9.66. The Morgan fingerprint density at radius 2 is 1.90 bits per heavy atom. The fourth-order valence-electron chi connectivity index (χ4n) is 3.14. The van der Waals surface area contributed by atoms with E-state index in [2.05, 4.69) is 12.2 Å². The van der Waals surface area contributed by atoms with Crippen LogP contribution in [0, 0.1) is 5.92 Å². The highest BCUT2D eigenvalue weighted by atomic mass is 16.4. The molecule has 0 bridgehead atoms. The van der Waals surface area contributed by atoms with Gasteiger partial charge in [-0.25, -0.2) is 0 Å². The molecule has 2 N–H and O–H groups in total. The molecule has 1 fully saturated rings. The number of carboxylic acids is 1. The molecule has 1 aliphatic carbocycles. The van der Waals surface area contributed by atoms with Crippen LogP contribution in [0.25, 0.3) is 0 Å². The van der Waals surface area contributed by atoms with Crippen molar-refractivity contribution in [3.63, 3.8) is 0 Å². The number of aliphatic carboxylic acids is 1. The topological polar surface area (TPSA) is 49.3 Å². The molecule has 0 amide bonds. The number of rotatable bonds is 6. The second-order valence-electron chi connectivity index (χ2n) is 5.91. The van der Waals surface area contributed by atoms with E-state index >= 15 is 0 Å². The first-order valence-corrected chi connectivity index (χ1v) is 7.69. The van der Waals surface area contributed by atoms with E-state index in [1.54, 1.807) is 0 Å². The van der Waals surface area contributed by atoms with Crippen LogP contribution in [0.3, 0.4) is 0 Å². The first kappa shape index (κ1) is 15.0. The summed E-state index contributed by atoms with van der Waals surface area (Å²) in [5, 5.41) is 12.5. The number of benzene rings is 1. The molecule has 110 valence electrons.